The van der Waals surface area contributed by atoms with E-state index in [1.807, 2.05) is 24.3 Å². The van der Waals surface area contributed by atoms with Crippen LogP contribution in [0, 0.1) is 0 Å². The van der Waals surface area contributed by atoms with E-state index < -0.39 is 0 Å². The minimum atomic E-state index is 0. The smallest absolute Gasteiger partial charge is 0.299 e. The Bertz CT molecular complexity index is 479. The minimum Gasteiger partial charge on any atom is -0.432 e. The molecule has 5 nitrogen and oxygen atoms in total. The minimum absolute atomic E-state index is 0. The van der Waals surface area contributed by atoms with Crippen molar-refractivity contribution in [2.24, 2.45) is 0 Å². The van der Waals surface area contributed by atoms with E-state index in [4.69, 9.17) is 10.2 Å². The summed E-state index contributed by atoms with van der Waals surface area (Å²) >= 11 is 0. The Labute approximate surface area is 99.9 Å². The SMILES string of the molecule is C=CCc1c(N)cccc1Nc1ncco1.N. The van der Waals surface area contributed by atoms with Gasteiger partial charge in [-0.2, -0.15) is 0 Å². The summed E-state index contributed by atoms with van der Waals surface area (Å²) in [6.45, 7) is 3.71. The Morgan fingerprint density at radius 3 is 2.94 bits per heavy atom. The van der Waals surface area contributed by atoms with Crippen LogP contribution in [-0.2, 0) is 6.42 Å². The van der Waals surface area contributed by atoms with Crippen LogP contribution < -0.4 is 17.2 Å². The van der Waals surface area contributed by atoms with E-state index in [9.17, 15) is 0 Å². The van der Waals surface area contributed by atoms with Crippen molar-refractivity contribution < 1.29 is 4.42 Å². The first-order valence-electron chi connectivity index (χ1n) is 4.96. The molecule has 1 aromatic carbocycles. The van der Waals surface area contributed by atoms with E-state index >= 15 is 0 Å². The number of benzene rings is 1. The largest absolute Gasteiger partial charge is 0.432 e. The zero-order chi connectivity index (χ0) is 11.4. The highest BCUT2D eigenvalue weighted by Crippen LogP contribution is 2.25. The molecule has 5 heteroatoms. The molecule has 6 N–H and O–H groups in total. The first-order valence-corrected chi connectivity index (χ1v) is 4.96. The maximum absolute atomic E-state index is 5.90. The lowest BCUT2D eigenvalue weighted by Gasteiger charge is -2.10. The summed E-state index contributed by atoms with van der Waals surface area (Å²) in [5, 5.41) is 3.07. The van der Waals surface area contributed by atoms with Gasteiger partial charge < -0.3 is 21.6 Å². The maximum Gasteiger partial charge on any atom is 0.299 e. The van der Waals surface area contributed by atoms with E-state index in [-0.39, 0.29) is 6.15 Å². The van der Waals surface area contributed by atoms with Crippen LogP contribution in [0.15, 0.2) is 47.7 Å². The topological polar surface area (TPSA) is 99.1 Å². The quantitative estimate of drug-likeness (QED) is 0.556. The highest BCUT2D eigenvalue weighted by molar-refractivity contribution is 5.67. The van der Waals surface area contributed by atoms with Crippen molar-refractivity contribution in [3.63, 3.8) is 0 Å². The van der Waals surface area contributed by atoms with Gasteiger partial charge in [0.25, 0.3) is 6.01 Å². The average molecular weight is 232 g/mol. The monoisotopic (exact) mass is 232 g/mol. The van der Waals surface area contributed by atoms with Gasteiger partial charge in [0.15, 0.2) is 0 Å². The standard InChI is InChI=1S/C12H13N3O.H3N/c1-2-4-9-10(13)5-3-6-11(9)15-12-14-7-8-16-12;/h2-3,5-8H,1,4,13H2,(H,14,15);1H3. The summed E-state index contributed by atoms with van der Waals surface area (Å²) in [5.74, 6) is 0. The van der Waals surface area contributed by atoms with Crippen LogP contribution in [0.2, 0.25) is 0 Å². The van der Waals surface area contributed by atoms with E-state index in [0.29, 0.717) is 12.4 Å². The van der Waals surface area contributed by atoms with Crippen molar-refractivity contribution in [2.75, 3.05) is 11.1 Å². The molecule has 0 atom stereocenters. The summed E-state index contributed by atoms with van der Waals surface area (Å²) < 4.78 is 5.12. The third-order valence-corrected chi connectivity index (χ3v) is 2.23. The van der Waals surface area contributed by atoms with Gasteiger partial charge in [0.05, 0.1) is 6.20 Å². The molecule has 90 valence electrons. The summed E-state index contributed by atoms with van der Waals surface area (Å²) in [6, 6.07) is 6.13. The molecule has 1 heterocycles. The number of rotatable bonds is 4. The molecular formula is C12H16N4O. The molecule has 0 saturated carbocycles. The number of nitrogens with two attached hydrogens (primary N) is 1. The maximum atomic E-state index is 5.90. The Kier molecular flexibility index (Phi) is 4.30. The van der Waals surface area contributed by atoms with Crippen LogP contribution in [0.3, 0.4) is 0 Å². The van der Waals surface area contributed by atoms with Gasteiger partial charge in [-0.05, 0) is 18.6 Å². The summed E-state index contributed by atoms with van der Waals surface area (Å²) in [4.78, 5) is 4.00. The van der Waals surface area contributed by atoms with Crippen LogP contribution in [0.1, 0.15) is 5.56 Å². The van der Waals surface area contributed by atoms with E-state index in [1.165, 1.54) is 6.26 Å². The van der Waals surface area contributed by atoms with E-state index in [0.717, 1.165) is 16.9 Å². The number of aromatic nitrogens is 1. The lowest BCUT2D eigenvalue weighted by atomic mass is 10.1. The van der Waals surface area contributed by atoms with Gasteiger partial charge >= 0.3 is 0 Å². The molecule has 2 aromatic rings. The molecule has 17 heavy (non-hydrogen) atoms. The molecule has 0 saturated heterocycles. The van der Waals surface area contributed by atoms with Crippen molar-refractivity contribution in [1.29, 1.82) is 0 Å². The molecule has 0 unspecified atom stereocenters. The van der Waals surface area contributed by atoms with Gasteiger partial charge in [-0.25, -0.2) is 4.98 Å². The molecular weight excluding hydrogens is 216 g/mol. The van der Waals surface area contributed by atoms with Crippen molar-refractivity contribution >= 4 is 17.4 Å². The fraction of sp³-hybridized carbons (Fsp3) is 0.0833. The van der Waals surface area contributed by atoms with E-state index in [2.05, 4.69) is 16.9 Å². The highest BCUT2D eigenvalue weighted by atomic mass is 16.4. The van der Waals surface area contributed by atoms with Gasteiger partial charge in [0, 0.05) is 16.9 Å². The van der Waals surface area contributed by atoms with Crippen molar-refractivity contribution in [2.45, 2.75) is 6.42 Å². The normalized spacial score (nSPS) is 9.41. The third-order valence-electron chi connectivity index (χ3n) is 2.23. The number of oxazole rings is 1. The molecule has 0 fully saturated rings. The molecule has 0 aliphatic heterocycles. The number of allylic oxidation sites excluding steroid dienone is 1. The van der Waals surface area contributed by atoms with Crippen molar-refractivity contribution in [3.8, 4) is 0 Å². The first kappa shape index (κ1) is 12.8. The van der Waals surface area contributed by atoms with Crippen molar-refractivity contribution in [1.82, 2.24) is 11.1 Å². The van der Waals surface area contributed by atoms with Gasteiger partial charge in [-0.3, -0.25) is 0 Å². The third kappa shape index (κ3) is 2.85. The van der Waals surface area contributed by atoms with Gasteiger partial charge in [-0.15, -0.1) is 6.58 Å². The lowest BCUT2D eigenvalue weighted by molar-refractivity contribution is 0.578. The molecule has 0 spiro atoms. The van der Waals surface area contributed by atoms with Crippen LogP contribution in [0.4, 0.5) is 17.4 Å². The van der Waals surface area contributed by atoms with Crippen LogP contribution in [0.25, 0.3) is 0 Å². The Morgan fingerprint density at radius 1 is 1.47 bits per heavy atom. The Balaban J connectivity index is 0.00000144. The van der Waals surface area contributed by atoms with Crippen LogP contribution in [0.5, 0.6) is 0 Å². The van der Waals surface area contributed by atoms with Crippen LogP contribution in [-0.4, -0.2) is 4.98 Å². The molecule has 1 aromatic heterocycles. The molecule has 0 aliphatic carbocycles. The molecule has 0 bridgehead atoms. The summed E-state index contributed by atoms with van der Waals surface area (Å²) in [6.07, 6.45) is 5.62. The van der Waals surface area contributed by atoms with Gasteiger partial charge in [0.2, 0.25) is 0 Å². The second-order valence-electron chi connectivity index (χ2n) is 3.33. The molecule has 0 amide bonds. The number of nitrogens with one attached hydrogen (secondary N) is 1. The predicted octanol–water partition coefficient (Wildman–Crippen LogP) is 2.89. The van der Waals surface area contributed by atoms with Gasteiger partial charge in [-0.1, -0.05) is 12.1 Å². The van der Waals surface area contributed by atoms with Gasteiger partial charge in [0.1, 0.15) is 6.26 Å². The first-order chi connectivity index (χ1) is 7.81. The fourth-order valence-corrected chi connectivity index (χ4v) is 1.49. The zero-order valence-electron chi connectivity index (χ0n) is 9.52. The number of nitrogen functional groups attached to an aromatic ring is 1. The fourth-order valence-electron chi connectivity index (χ4n) is 1.49. The van der Waals surface area contributed by atoms with Crippen molar-refractivity contribution in [3.05, 3.63) is 48.9 Å². The Morgan fingerprint density at radius 2 is 2.29 bits per heavy atom. The number of nitrogens with zero attached hydrogens (tertiary/aromatic N) is 1. The predicted molar refractivity (Wildman–Crippen MR) is 69.6 cm³/mol. The number of hydrogen-bond donors (Lipinski definition) is 3. The second kappa shape index (κ2) is 5.72. The average Bonchev–Trinajstić information content (AvgIpc) is 2.76. The molecule has 2 rings (SSSR count). The highest BCUT2D eigenvalue weighted by Gasteiger charge is 2.06. The molecule has 0 aliphatic rings. The second-order valence-corrected chi connectivity index (χ2v) is 3.33. The zero-order valence-corrected chi connectivity index (χ0v) is 9.52. The Hall–Kier alpha value is -2.27. The summed E-state index contributed by atoms with van der Waals surface area (Å²) in [5.41, 5.74) is 8.52. The lowest BCUT2D eigenvalue weighted by Crippen LogP contribution is -2.00. The van der Waals surface area contributed by atoms with Crippen LogP contribution >= 0.6 is 0 Å². The number of anilines is 3. The molecule has 0 radical (unpaired) electrons. The van der Waals surface area contributed by atoms with E-state index in [1.54, 1.807) is 6.20 Å². The number of hydrogen-bond acceptors (Lipinski definition) is 5. The summed E-state index contributed by atoms with van der Waals surface area (Å²) in [7, 11) is 0.